The minimum absolute atomic E-state index is 0.130. The van der Waals surface area contributed by atoms with E-state index in [1.165, 1.54) is 6.92 Å². The third-order valence-electron chi connectivity index (χ3n) is 2.17. The number of Topliss-reactive ketones (excluding diaryl/α,β-unsaturated/α-hetero) is 1. The second-order valence-electron chi connectivity index (χ2n) is 3.22. The molecule has 0 aliphatic carbocycles. The standard InChI is InChI=1S/C9H11N3OS/c1-5(13)9-11-7-4-14-3-2-6(7)8(10)12-9/h2-4H2,1H3,(H2,10,11,12). The lowest BCUT2D eigenvalue weighted by molar-refractivity contribution is 0.100. The second-order valence-corrected chi connectivity index (χ2v) is 4.32. The summed E-state index contributed by atoms with van der Waals surface area (Å²) >= 11 is 1.81. The van der Waals surface area contributed by atoms with Crippen molar-refractivity contribution < 1.29 is 4.79 Å². The Morgan fingerprint density at radius 2 is 2.29 bits per heavy atom. The summed E-state index contributed by atoms with van der Waals surface area (Å²) in [5.41, 5.74) is 7.72. The zero-order valence-corrected chi connectivity index (χ0v) is 8.73. The van der Waals surface area contributed by atoms with Crippen LogP contribution >= 0.6 is 11.8 Å². The normalized spacial score (nSPS) is 14.9. The minimum atomic E-state index is -0.130. The summed E-state index contributed by atoms with van der Waals surface area (Å²) in [4.78, 5) is 19.3. The summed E-state index contributed by atoms with van der Waals surface area (Å²) in [6, 6.07) is 0. The Labute approximate surface area is 86.3 Å². The number of nitrogens with zero attached hydrogens (tertiary/aromatic N) is 2. The van der Waals surface area contributed by atoms with E-state index in [0.717, 1.165) is 29.2 Å². The molecule has 0 saturated heterocycles. The maximum atomic E-state index is 11.1. The van der Waals surface area contributed by atoms with Crippen LogP contribution in [0.3, 0.4) is 0 Å². The summed E-state index contributed by atoms with van der Waals surface area (Å²) in [5.74, 6) is 2.47. The molecule has 0 radical (unpaired) electrons. The van der Waals surface area contributed by atoms with Crippen LogP contribution in [0.5, 0.6) is 0 Å². The van der Waals surface area contributed by atoms with Crippen molar-refractivity contribution in [3.63, 3.8) is 0 Å². The van der Waals surface area contributed by atoms with Gasteiger partial charge < -0.3 is 5.73 Å². The zero-order valence-electron chi connectivity index (χ0n) is 7.91. The zero-order chi connectivity index (χ0) is 10.1. The number of anilines is 1. The van der Waals surface area contributed by atoms with Crippen molar-refractivity contribution in [3.05, 3.63) is 17.1 Å². The van der Waals surface area contributed by atoms with Crippen LogP contribution < -0.4 is 5.73 Å². The molecule has 0 saturated carbocycles. The number of fused-ring (bicyclic) bond motifs is 1. The number of nitrogen functional groups attached to an aromatic ring is 1. The van der Waals surface area contributed by atoms with Gasteiger partial charge in [-0.3, -0.25) is 4.79 Å². The maximum Gasteiger partial charge on any atom is 0.197 e. The van der Waals surface area contributed by atoms with Gasteiger partial charge in [-0.05, 0) is 12.2 Å². The predicted molar refractivity (Wildman–Crippen MR) is 56.3 cm³/mol. The van der Waals surface area contributed by atoms with Crippen LogP contribution in [0.4, 0.5) is 5.82 Å². The molecule has 0 spiro atoms. The Balaban J connectivity index is 2.51. The average Bonchev–Trinajstić information content (AvgIpc) is 2.17. The highest BCUT2D eigenvalue weighted by Crippen LogP contribution is 2.26. The lowest BCUT2D eigenvalue weighted by atomic mass is 10.1. The number of aromatic nitrogens is 2. The van der Waals surface area contributed by atoms with Crippen LogP contribution in [0.1, 0.15) is 28.8 Å². The molecule has 0 unspecified atom stereocenters. The molecule has 0 atom stereocenters. The monoisotopic (exact) mass is 209 g/mol. The molecule has 1 aromatic heterocycles. The van der Waals surface area contributed by atoms with E-state index >= 15 is 0 Å². The van der Waals surface area contributed by atoms with Crippen molar-refractivity contribution in [3.8, 4) is 0 Å². The van der Waals surface area contributed by atoms with E-state index < -0.39 is 0 Å². The molecule has 1 aromatic rings. The lowest BCUT2D eigenvalue weighted by Gasteiger charge is -2.16. The summed E-state index contributed by atoms with van der Waals surface area (Å²) in [6.07, 6.45) is 0.907. The van der Waals surface area contributed by atoms with E-state index in [1.54, 1.807) is 0 Å². The summed E-state index contributed by atoms with van der Waals surface area (Å²) < 4.78 is 0. The Morgan fingerprint density at radius 3 is 3.00 bits per heavy atom. The van der Waals surface area contributed by atoms with Crippen molar-refractivity contribution in [2.24, 2.45) is 0 Å². The van der Waals surface area contributed by atoms with Crippen LogP contribution in [-0.4, -0.2) is 21.5 Å². The molecule has 5 heteroatoms. The van der Waals surface area contributed by atoms with Gasteiger partial charge in [-0.15, -0.1) is 0 Å². The number of thioether (sulfide) groups is 1. The maximum absolute atomic E-state index is 11.1. The van der Waals surface area contributed by atoms with Gasteiger partial charge in [0.1, 0.15) is 5.82 Å². The molecule has 2 N–H and O–H groups in total. The van der Waals surface area contributed by atoms with Crippen molar-refractivity contribution >= 4 is 23.4 Å². The van der Waals surface area contributed by atoms with Crippen molar-refractivity contribution in [1.82, 2.24) is 9.97 Å². The van der Waals surface area contributed by atoms with Crippen molar-refractivity contribution in [1.29, 1.82) is 0 Å². The van der Waals surface area contributed by atoms with E-state index in [-0.39, 0.29) is 11.6 Å². The van der Waals surface area contributed by atoms with Crippen molar-refractivity contribution in [2.75, 3.05) is 11.5 Å². The Bertz CT molecular complexity index is 392. The molecule has 2 rings (SSSR count). The molecule has 1 aliphatic rings. The van der Waals surface area contributed by atoms with Gasteiger partial charge in [0.2, 0.25) is 0 Å². The Morgan fingerprint density at radius 1 is 1.50 bits per heavy atom. The molecule has 0 bridgehead atoms. The Kier molecular flexibility index (Phi) is 2.41. The molecule has 1 aliphatic heterocycles. The van der Waals surface area contributed by atoms with E-state index in [4.69, 9.17) is 5.73 Å². The number of carbonyl (C=O) groups excluding carboxylic acids is 1. The largest absolute Gasteiger partial charge is 0.383 e. The van der Waals surface area contributed by atoms with Crippen molar-refractivity contribution in [2.45, 2.75) is 19.1 Å². The fourth-order valence-electron chi connectivity index (χ4n) is 1.44. The van der Waals surface area contributed by atoms with E-state index in [2.05, 4.69) is 9.97 Å². The first-order valence-electron chi connectivity index (χ1n) is 4.42. The summed E-state index contributed by atoms with van der Waals surface area (Å²) in [5, 5.41) is 0. The fourth-order valence-corrected chi connectivity index (χ4v) is 2.37. The van der Waals surface area contributed by atoms with Gasteiger partial charge >= 0.3 is 0 Å². The first-order valence-corrected chi connectivity index (χ1v) is 5.58. The van der Waals surface area contributed by atoms with Gasteiger partial charge in [-0.1, -0.05) is 0 Å². The molecule has 0 amide bonds. The number of rotatable bonds is 1. The first kappa shape index (κ1) is 9.45. The number of hydrogen-bond donors (Lipinski definition) is 1. The molecule has 74 valence electrons. The van der Waals surface area contributed by atoms with Crippen LogP contribution in [0.2, 0.25) is 0 Å². The predicted octanol–water partition coefficient (Wildman–Crippen LogP) is 1.05. The second kappa shape index (κ2) is 3.57. The van der Waals surface area contributed by atoms with Gasteiger partial charge in [-0.25, -0.2) is 9.97 Å². The average molecular weight is 209 g/mol. The number of nitrogens with two attached hydrogens (primary N) is 1. The smallest absolute Gasteiger partial charge is 0.197 e. The van der Waals surface area contributed by atoms with Gasteiger partial charge in [-0.2, -0.15) is 11.8 Å². The van der Waals surface area contributed by atoms with E-state index in [9.17, 15) is 4.79 Å². The highest BCUT2D eigenvalue weighted by atomic mass is 32.2. The SMILES string of the molecule is CC(=O)c1nc(N)c2c(n1)CSCC2. The molecule has 4 nitrogen and oxygen atoms in total. The number of ketones is 1. The van der Waals surface area contributed by atoms with Gasteiger partial charge in [0, 0.05) is 18.2 Å². The molecular formula is C9H11N3OS. The highest BCUT2D eigenvalue weighted by molar-refractivity contribution is 7.98. The van der Waals surface area contributed by atoms with Crippen LogP contribution in [0.25, 0.3) is 0 Å². The molecule has 2 heterocycles. The highest BCUT2D eigenvalue weighted by Gasteiger charge is 2.17. The van der Waals surface area contributed by atoms with Gasteiger partial charge in [0.05, 0.1) is 5.69 Å². The van der Waals surface area contributed by atoms with E-state index in [1.807, 2.05) is 11.8 Å². The molecular weight excluding hydrogens is 198 g/mol. The lowest BCUT2D eigenvalue weighted by Crippen LogP contribution is -2.14. The first-order chi connectivity index (χ1) is 6.68. The summed E-state index contributed by atoms with van der Waals surface area (Å²) in [6.45, 7) is 1.46. The van der Waals surface area contributed by atoms with E-state index in [0.29, 0.717) is 5.82 Å². The third-order valence-corrected chi connectivity index (χ3v) is 3.15. The molecule has 0 aromatic carbocycles. The van der Waals surface area contributed by atoms with Gasteiger partial charge in [0.25, 0.3) is 0 Å². The van der Waals surface area contributed by atoms with Crippen LogP contribution in [-0.2, 0) is 12.2 Å². The number of carbonyl (C=O) groups is 1. The van der Waals surface area contributed by atoms with Crippen LogP contribution in [0, 0.1) is 0 Å². The summed E-state index contributed by atoms with van der Waals surface area (Å²) in [7, 11) is 0. The quantitative estimate of drug-likeness (QED) is 0.700. The number of hydrogen-bond acceptors (Lipinski definition) is 5. The fraction of sp³-hybridized carbons (Fsp3) is 0.444. The topological polar surface area (TPSA) is 68.9 Å². The molecule has 14 heavy (non-hydrogen) atoms. The minimum Gasteiger partial charge on any atom is -0.383 e. The Hall–Kier alpha value is -1.10. The van der Waals surface area contributed by atoms with Crippen LogP contribution in [0.15, 0.2) is 0 Å². The van der Waals surface area contributed by atoms with Gasteiger partial charge in [0.15, 0.2) is 11.6 Å². The third kappa shape index (κ3) is 1.59. The molecule has 0 fully saturated rings.